The zero-order chi connectivity index (χ0) is 19.1. The van der Waals surface area contributed by atoms with E-state index in [4.69, 9.17) is 0 Å². The Kier molecular flexibility index (Phi) is 4.52. The van der Waals surface area contributed by atoms with Crippen LogP contribution in [0, 0.1) is 11.3 Å². The second-order valence-electron chi connectivity index (χ2n) is 7.54. The molecule has 2 heterocycles. The summed E-state index contributed by atoms with van der Waals surface area (Å²) in [5.41, 5.74) is 0.653. The number of amides is 1. The van der Waals surface area contributed by atoms with Crippen LogP contribution >= 0.6 is 0 Å². The van der Waals surface area contributed by atoms with Gasteiger partial charge >= 0.3 is 0 Å². The first-order valence-corrected chi connectivity index (χ1v) is 10.6. The van der Waals surface area contributed by atoms with Gasteiger partial charge in [0.2, 0.25) is 15.9 Å². The Morgan fingerprint density at radius 2 is 1.96 bits per heavy atom. The summed E-state index contributed by atoms with van der Waals surface area (Å²) in [7, 11) is -1.70. The van der Waals surface area contributed by atoms with Crippen molar-refractivity contribution < 1.29 is 13.2 Å². The summed E-state index contributed by atoms with van der Waals surface area (Å²) < 4.78 is 27.2. The standard InChI is InChI=1S/C20H23N3O3S/c1-22(14-16-7-5-6-11-21-16)19(24)18-13-20(18)10-12-23(15-20)27(25,26)17-8-3-2-4-9-17/h2-9,11,18H,10,12-15H2,1H3/t18-,20+/m1/s1. The van der Waals surface area contributed by atoms with Gasteiger partial charge in [-0.25, -0.2) is 8.42 Å². The molecule has 27 heavy (non-hydrogen) atoms. The van der Waals surface area contributed by atoms with Gasteiger partial charge in [-0.15, -0.1) is 0 Å². The number of aromatic nitrogens is 1. The van der Waals surface area contributed by atoms with E-state index < -0.39 is 10.0 Å². The lowest BCUT2D eigenvalue weighted by Gasteiger charge is -2.19. The molecule has 1 saturated heterocycles. The Balaban J connectivity index is 1.41. The molecule has 1 saturated carbocycles. The van der Waals surface area contributed by atoms with Crippen LogP contribution in [0.1, 0.15) is 18.5 Å². The molecule has 4 rings (SSSR count). The van der Waals surface area contributed by atoms with Gasteiger partial charge in [0.1, 0.15) is 0 Å². The predicted octanol–water partition coefficient (Wildman–Crippen LogP) is 2.14. The molecular weight excluding hydrogens is 362 g/mol. The monoisotopic (exact) mass is 385 g/mol. The van der Waals surface area contributed by atoms with Crippen LogP contribution in [0.2, 0.25) is 0 Å². The van der Waals surface area contributed by atoms with Crippen LogP contribution in [0.5, 0.6) is 0 Å². The third kappa shape index (κ3) is 3.37. The summed E-state index contributed by atoms with van der Waals surface area (Å²) >= 11 is 0. The maximum absolute atomic E-state index is 12.8. The number of hydrogen-bond acceptors (Lipinski definition) is 4. The van der Waals surface area contributed by atoms with Crippen molar-refractivity contribution in [1.82, 2.24) is 14.2 Å². The minimum Gasteiger partial charge on any atom is -0.340 e. The van der Waals surface area contributed by atoms with Gasteiger partial charge in [0.05, 0.1) is 17.1 Å². The van der Waals surface area contributed by atoms with E-state index in [2.05, 4.69) is 4.98 Å². The fourth-order valence-electron chi connectivity index (χ4n) is 4.03. The van der Waals surface area contributed by atoms with Gasteiger partial charge in [-0.3, -0.25) is 9.78 Å². The fourth-order valence-corrected chi connectivity index (χ4v) is 5.59. The SMILES string of the molecule is CN(Cc1ccccn1)C(=O)[C@H]1C[C@]12CCN(S(=O)(=O)c1ccccc1)C2. The van der Waals surface area contributed by atoms with Crippen molar-refractivity contribution in [3.8, 4) is 0 Å². The van der Waals surface area contributed by atoms with Gasteiger partial charge < -0.3 is 4.90 Å². The Bertz CT molecular complexity index is 933. The first-order chi connectivity index (χ1) is 12.9. The zero-order valence-electron chi connectivity index (χ0n) is 15.3. The molecule has 0 N–H and O–H groups in total. The second kappa shape index (κ2) is 6.73. The van der Waals surface area contributed by atoms with Gasteiger partial charge in [-0.1, -0.05) is 24.3 Å². The molecule has 1 aliphatic heterocycles. The molecule has 1 aliphatic carbocycles. The van der Waals surface area contributed by atoms with E-state index in [-0.39, 0.29) is 17.2 Å². The Morgan fingerprint density at radius 3 is 2.67 bits per heavy atom. The number of hydrogen-bond donors (Lipinski definition) is 0. The molecule has 2 aliphatic rings. The smallest absolute Gasteiger partial charge is 0.243 e. The molecule has 142 valence electrons. The highest BCUT2D eigenvalue weighted by Crippen LogP contribution is 2.59. The number of rotatable bonds is 5. The maximum atomic E-state index is 12.8. The second-order valence-corrected chi connectivity index (χ2v) is 9.47. The van der Waals surface area contributed by atoms with Crippen LogP contribution in [-0.4, -0.2) is 48.7 Å². The first-order valence-electron chi connectivity index (χ1n) is 9.12. The number of benzene rings is 1. The third-order valence-corrected chi connectivity index (χ3v) is 7.58. The average Bonchev–Trinajstić information content (AvgIpc) is 3.20. The molecule has 2 fully saturated rings. The lowest BCUT2D eigenvalue weighted by molar-refractivity contribution is -0.132. The quantitative estimate of drug-likeness (QED) is 0.791. The van der Waals surface area contributed by atoms with Crippen LogP contribution in [-0.2, 0) is 21.4 Å². The van der Waals surface area contributed by atoms with Gasteiger partial charge in [0.15, 0.2) is 0 Å². The third-order valence-electron chi connectivity index (χ3n) is 5.72. The first kappa shape index (κ1) is 18.1. The van der Waals surface area contributed by atoms with Crippen LogP contribution in [0.15, 0.2) is 59.6 Å². The van der Waals surface area contributed by atoms with Crippen molar-refractivity contribution in [3.63, 3.8) is 0 Å². The fraction of sp³-hybridized carbons (Fsp3) is 0.400. The van der Waals surface area contributed by atoms with Gasteiger partial charge in [-0.05, 0) is 42.5 Å². The van der Waals surface area contributed by atoms with Crippen LogP contribution in [0.3, 0.4) is 0 Å². The number of pyridine rings is 1. The molecule has 7 heteroatoms. The zero-order valence-corrected chi connectivity index (χ0v) is 16.1. The molecule has 0 unspecified atom stereocenters. The van der Waals surface area contributed by atoms with E-state index in [0.29, 0.717) is 24.5 Å². The van der Waals surface area contributed by atoms with E-state index in [1.165, 1.54) is 4.31 Å². The summed E-state index contributed by atoms with van der Waals surface area (Å²) in [6, 6.07) is 14.2. The molecule has 1 aromatic carbocycles. The molecule has 0 bridgehead atoms. The molecule has 6 nitrogen and oxygen atoms in total. The lowest BCUT2D eigenvalue weighted by atomic mass is 10.0. The predicted molar refractivity (Wildman–Crippen MR) is 101 cm³/mol. The van der Waals surface area contributed by atoms with Gasteiger partial charge in [-0.2, -0.15) is 4.31 Å². The van der Waals surface area contributed by atoms with Crippen molar-refractivity contribution in [2.24, 2.45) is 11.3 Å². The van der Waals surface area contributed by atoms with Crippen molar-refractivity contribution in [3.05, 3.63) is 60.4 Å². The van der Waals surface area contributed by atoms with Crippen LogP contribution < -0.4 is 0 Å². The average molecular weight is 385 g/mol. The Morgan fingerprint density at radius 1 is 1.22 bits per heavy atom. The largest absolute Gasteiger partial charge is 0.340 e. The lowest BCUT2D eigenvalue weighted by Crippen LogP contribution is -2.32. The van der Waals surface area contributed by atoms with E-state index in [1.807, 2.05) is 18.2 Å². The summed E-state index contributed by atoms with van der Waals surface area (Å²) in [6.45, 7) is 1.38. The van der Waals surface area contributed by atoms with Crippen LogP contribution in [0.4, 0.5) is 0 Å². The number of carbonyl (C=O) groups excluding carboxylic acids is 1. The molecule has 1 spiro atoms. The number of sulfonamides is 1. The molecule has 1 aromatic heterocycles. The summed E-state index contributed by atoms with van der Waals surface area (Å²) in [4.78, 5) is 19.1. The molecule has 0 radical (unpaired) electrons. The highest BCUT2D eigenvalue weighted by atomic mass is 32.2. The van der Waals surface area contributed by atoms with Crippen molar-refractivity contribution in [1.29, 1.82) is 0 Å². The van der Waals surface area contributed by atoms with Crippen molar-refractivity contribution in [2.75, 3.05) is 20.1 Å². The van der Waals surface area contributed by atoms with Crippen molar-refractivity contribution >= 4 is 15.9 Å². The Hall–Kier alpha value is -2.25. The topological polar surface area (TPSA) is 70.6 Å². The van der Waals surface area contributed by atoms with E-state index in [9.17, 15) is 13.2 Å². The number of carbonyl (C=O) groups is 1. The summed E-state index contributed by atoms with van der Waals surface area (Å²) in [6.07, 6.45) is 3.22. The van der Waals surface area contributed by atoms with E-state index in [1.54, 1.807) is 48.5 Å². The molecule has 2 aromatic rings. The highest BCUT2D eigenvalue weighted by molar-refractivity contribution is 7.89. The van der Waals surface area contributed by atoms with Crippen LogP contribution in [0.25, 0.3) is 0 Å². The Labute approximate surface area is 159 Å². The minimum absolute atomic E-state index is 0.0830. The van der Waals surface area contributed by atoms with E-state index in [0.717, 1.165) is 18.5 Å². The molecule has 1 amide bonds. The molecular formula is C20H23N3O3S. The highest BCUT2D eigenvalue weighted by Gasteiger charge is 2.62. The van der Waals surface area contributed by atoms with Gasteiger partial charge in [0.25, 0.3) is 0 Å². The maximum Gasteiger partial charge on any atom is 0.243 e. The number of nitrogens with zero attached hydrogens (tertiary/aromatic N) is 3. The van der Waals surface area contributed by atoms with Gasteiger partial charge in [0, 0.05) is 32.3 Å². The summed E-state index contributed by atoms with van der Waals surface area (Å²) in [5, 5.41) is 0. The normalized spacial score (nSPS) is 24.9. The minimum atomic E-state index is -3.49. The summed E-state index contributed by atoms with van der Waals surface area (Å²) in [5.74, 6) is -0.0122. The molecule has 2 atom stereocenters. The van der Waals surface area contributed by atoms with Crippen molar-refractivity contribution in [2.45, 2.75) is 24.3 Å². The van der Waals surface area contributed by atoms with E-state index >= 15 is 0 Å².